The maximum atomic E-state index is 12.8. The molecule has 31 heavy (non-hydrogen) atoms. The van der Waals surface area contributed by atoms with Gasteiger partial charge in [-0.15, -0.1) is 0 Å². The van der Waals surface area contributed by atoms with Crippen molar-refractivity contribution in [3.63, 3.8) is 0 Å². The fourth-order valence-electron chi connectivity index (χ4n) is 3.37. The van der Waals surface area contributed by atoms with Crippen LogP contribution in [-0.4, -0.2) is 30.1 Å². The molecule has 0 N–H and O–H groups in total. The van der Waals surface area contributed by atoms with Crippen molar-refractivity contribution in [2.45, 2.75) is 6.54 Å². The number of hydrogen-bond acceptors (Lipinski definition) is 6. The summed E-state index contributed by atoms with van der Waals surface area (Å²) >= 11 is 6.58. The van der Waals surface area contributed by atoms with Crippen molar-refractivity contribution in [2.75, 3.05) is 0 Å². The molecule has 9 nitrogen and oxygen atoms in total. The van der Waals surface area contributed by atoms with Gasteiger partial charge in [-0.2, -0.15) is 0 Å². The Morgan fingerprint density at radius 1 is 1.06 bits per heavy atom. The number of amides is 2. The number of nitro groups is 1. The van der Waals surface area contributed by atoms with Crippen LogP contribution in [0.1, 0.15) is 11.1 Å². The number of nitrogens with zero attached hydrogens (tertiary/aromatic N) is 4. The average molecular weight is 459 g/mol. The molecule has 158 valence electrons. The van der Waals surface area contributed by atoms with Crippen molar-refractivity contribution < 1.29 is 14.5 Å². The van der Waals surface area contributed by atoms with Crippen LogP contribution in [0, 0.1) is 10.1 Å². The Balaban J connectivity index is 1.75. The predicted molar refractivity (Wildman–Crippen MR) is 118 cm³/mol. The molecule has 0 unspecified atom stereocenters. The number of halogens is 1. The topological polar surface area (TPSA) is 107 Å². The highest BCUT2D eigenvalue weighted by Crippen LogP contribution is 2.36. The highest BCUT2D eigenvalue weighted by Gasteiger charge is 2.35. The normalized spacial score (nSPS) is 15.5. The van der Waals surface area contributed by atoms with Crippen molar-refractivity contribution in [3.8, 4) is 0 Å². The zero-order chi connectivity index (χ0) is 22.4. The van der Waals surface area contributed by atoms with Gasteiger partial charge in [0.25, 0.3) is 16.8 Å². The van der Waals surface area contributed by atoms with E-state index in [0.29, 0.717) is 27.8 Å². The van der Waals surface area contributed by atoms with Gasteiger partial charge in [0, 0.05) is 25.2 Å². The van der Waals surface area contributed by atoms with Gasteiger partial charge in [-0.1, -0.05) is 23.7 Å². The number of aromatic nitrogens is 2. The van der Waals surface area contributed by atoms with Crippen LogP contribution >= 0.6 is 23.4 Å². The van der Waals surface area contributed by atoms with Crippen LogP contribution in [0.25, 0.3) is 17.1 Å². The molecule has 0 radical (unpaired) electrons. The first-order chi connectivity index (χ1) is 14.7. The van der Waals surface area contributed by atoms with E-state index in [9.17, 15) is 24.5 Å². The molecule has 2 amide bonds. The summed E-state index contributed by atoms with van der Waals surface area (Å²) in [5.41, 5.74) is 1.13. The van der Waals surface area contributed by atoms with E-state index < -0.39 is 16.1 Å². The second kappa shape index (κ2) is 7.71. The standard InChI is InChI=1S/C20H15ClN4O5S/c1-22-15-7-12(14(25(29)30)9-16(15)23(2)19(22)27)8-17-18(26)24(20(28)31-17)10-11-3-5-13(21)6-4-11/h3-9H,10H2,1-2H3/b17-8-. The van der Waals surface area contributed by atoms with Gasteiger partial charge in [-0.05, 0) is 41.6 Å². The van der Waals surface area contributed by atoms with Gasteiger partial charge in [-0.25, -0.2) is 4.79 Å². The molecule has 1 aromatic heterocycles. The molecule has 0 bridgehead atoms. The lowest BCUT2D eigenvalue weighted by Crippen LogP contribution is -2.27. The molecule has 1 saturated heterocycles. The van der Waals surface area contributed by atoms with Crippen LogP contribution in [-0.2, 0) is 25.4 Å². The third kappa shape index (κ3) is 3.64. The molecule has 0 saturated carbocycles. The molecule has 3 aromatic rings. The van der Waals surface area contributed by atoms with Crippen LogP contribution in [0.2, 0.25) is 5.02 Å². The Morgan fingerprint density at radius 3 is 2.29 bits per heavy atom. The van der Waals surface area contributed by atoms with Crippen molar-refractivity contribution in [1.29, 1.82) is 0 Å². The molecule has 2 heterocycles. The lowest BCUT2D eigenvalue weighted by Gasteiger charge is -2.12. The molecule has 4 rings (SSSR count). The minimum absolute atomic E-state index is 0.0630. The zero-order valence-corrected chi connectivity index (χ0v) is 17.9. The quantitative estimate of drug-likeness (QED) is 0.335. The number of rotatable bonds is 4. The van der Waals surface area contributed by atoms with Crippen molar-refractivity contribution in [3.05, 3.63) is 78.1 Å². The van der Waals surface area contributed by atoms with E-state index in [4.69, 9.17) is 11.6 Å². The molecule has 2 aromatic carbocycles. The Bertz CT molecular complexity index is 1360. The Kier molecular flexibility index (Phi) is 5.19. The van der Waals surface area contributed by atoms with Gasteiger partial charge in [0.05, 0.1) is 33.0 Å². The van der Waals surface area contributed by atoms with Crippen LogP contribution in [0.15, 0.2) is 46.1 Å². The second-order valence-corrected chi connectivity index (χ2v) is 8.38. The van der Waals surface area contributed by atoms with Crippen LogP contribution in [0.5, 0.6) is 0 Å². The van der Waals surface area contributed by atoms with E-state index in [1.807, 2.05) is 0 Å². The van der Waals surface area contributed by atoms with Crippen LogP contribution < -0.4 is 5.69 Å². The maximum Gasteiger partial charge on any atom is 0.328 e. The Labute approximate surface area is 184 Å². The van der Waals surface area contributed by atoms with E-state index in [2.05, 4.69) is 0 Å². The number of imidazole rings is 1. The number of carbonyl (C=O) groups excluding carboxylic acids is 2. The maximum absolute atomic E-state index is 12.8. The zero-order valence-electron chi connectivity index (χ0n) is 16.4. The number of hydrogen-bond donors (Lipinski definition) is 0. The highest BCUT2D eigenvalue weighted by molar-refractivity contribution is 8.18. The number of carbonyl (C=O) groups is 2. The van der Waals surface area contributed by atoms with E-state index in [1.54, 1.807) is 31.3 Å². The van der Waals surface area contributed by atoms with E-state index in [0.717, 1.165) is 10.5 Å². The number of thioether (sulfide) groups is 1. The summed E-state index contributed by atoms with van der Waals surface area (Å²) in [4.78, 5) is 49.6. The predicted octanol–water partition coefficient (Wildman–Crippen LogP) is 3.68. The first kappa shape index (κ1) is 20.9. The molecular formula is C20H15ClN4O5S. The third-order valence-corrected chi connectivity index (χ3v) is 6.19. The SMILES string of the molecule is Cn1c(=O)n(C)c2cc([N+](=O)[O-])c(/C=C3\SC(=O)N(Cc4ccc(Cl)cc4)C3=O)cc21. The summed E-state index contributed by atoms with van der Waals surface area (Å²) in [5.74, 6) is -0.540. The highest BCUT2D eigenvalue weighted by atomic mass is 35.5. The van der Waals surface area contributed by atoms with Gasteiger partial charge < -0.3 is 0 Å². The van der Waals surface area contributed by atoms with E-state index in [-0.39, 0.29) is 28.4 Å². The summed E-state index contributed by atoms with van der Waals surface area (Å²) in [6.07, 6.45) is 1.32. The first-order valence-corrected chi connectivity index (χ1v) is 10.2. The number of nitro benzene ring substituents is 1. The summed E-state index contributed by atoms with van der Waals surface area (Å²) in [6.45, 7) is 0.0630. The fourth-order valence-corrected chi connectivity index (χ4v) is 4.33. The number of aryl methyl sites for hydroxylation is 2. The Morgan fingerprint density at radius 2 is 1.68 bits per heavy atom. The smallest absolute Gasteiger partial charge is 0.295 e. The third-order valence-electron chi connectivity index (χ3n) is 5.03. The van der Waals surface area contributed by atoms with Gasteiger partial charge >= 0.3 is 5.69 Å². The summed E-state index contributed by atoms with van der Waals surface area (Å²) < 4.78 is 2.68. The summed E-state index contributed by atoms with van der Waals surface area (Å²) in [5, 5.41) is 11.7. The van der Waals surface area contributed by atoms with Crippen LogP contribution in [0.3, 0.4) is 0 Å². The number of imide groups is 1. The minimum atomic E-state index is -0.583. The lowest BCUT2D eigenvalue weighted by atomic mass is 10.1. The van der Waals surface area contributed by atoms with Crippen LogP contribution in [0.4, 0.5) is 10.5 Å². The largest absolute Gasteiger partial charge is 0.328 e. The van der Waals surface area contributed by atoms with Gasteiger partial charge in [-0.3, -0.25) is 33.7 Å². The lowest BCUT2D eigenvalue weighted by molar-refractivity contribution is -0.385. The minimum Gasteiger partial charge on any atom is -0.295 e. The van der Waals surface area contributed by atoms with Crippen molar-refractivity contribution in [2.24, 2.45) is 14.1 Å². The van der Waals surface area contributed by atoms with Gasteiger partial charge in [0.2, 0.25) is 0 Å². The molecular weight excluding hydrogens is 444 g/mol. The molecule has 1 aliphatic rings. The average Bonchev–Trinajstić information content (AvgIpc) is 3.11. The second-order valence-electron chi connectivity index (χ2n) is 6.95. The van der Waals surface area contributed by atoms with Gasteiger partial charge in [0.15, 0.2) is 0 Å². The molecule has 11 heteroatoms. The fraction of sp³-hybridized carbons (Fsp3) is 0.150. The molecule has 1 aliphatic heterocycles. The molecule has 0 aliphatic carbocycles. The van der Waals surface area contributed by atoms with E-state index >= 15 is 0 Å². The Hall–Kier alpha value is -3.37. The molecule has 1 fully saturated rings. The summed E-state index contributed by atoms with van der Waals surface area (Å²) in [7, 11) is 3.08. The van der Waals surface area contributed by atoms with Gasteiger partial charge in [0.1, 0.15) is 0 Å². The first-order valence-electron chi connectivity index (χ1n) is 9.01. The van der Waals surface area contributed by atoms with Crippen molar-refractivity contribution >= 4 is 57.3 Å². The monoisotopic (exact) mass is 458 g/mol. The van der Waals surface area contributed by atoms with E-state index in [1.165, 1.54) is 34.4 Å². The molecule has 0 spiro atoms. The van der Waals surface area contributed by atoms with Crippen molar-refractivity contribution in [1.82, 2.24) is 14.0 Å². The summed E-state index contributed by atoms with van der Waals surface area (Å²) in [6, 6.07) is 9.51. The number of benzene rings is 2. The molecule has 0 atom stereocenters. The number of fused-ring (bicyclic) bond motifs is 1.